The van der Waals surface area contributed by atoms with Crippen LogP contribution in [0.2, 0.25) is 0 Å². The first-order valence-electron chi connectivity index (χ1n) is 7.75. The van der Waals surface area contributed by atoms with Gasteiger partial charge in [0.2, 0.25) is 11.8 Å². The summed E-state index contributed by atoms with van der Waals surface area (Å²) in [6.45, 7) is 8.35. The van der Waals surface area contributed by atoms with E-state index in [1.807, 2.05) is 11.8 Å². The van der Waals surface area contributed by atoms with Crippen LogP contribution in [0.4, 0.5) is 4.79 Å². The number of piperidine rings is 1. The highest BCUT2D eigenvalue weighted by atomic mass is 16.6. The summed E-state index contributed by atoms with van der Waals surface area (Å²) in [6.07, 6.45) is 1.39. The number of alkyl carbamates (subject to hydrolysis) is 1. The van der Waals surface area contributed by atoms with Crippen molar-refractivity contribution in [3.63, 3.8) is 0 Å². The van der Waals surface area contributed by atoms with Crippen molar-refractivity contribution in [2.24, 2.45) is 0 Å². The van der Waals surface area contributed by atoms with Crippen LogP contribution >= 0.6 is 0 Å². The molecule has 0 atom stereocenters. The molecular weight excluding hydrogens is 286 g/mol. The van der Waals surface area contributed by atoms with Crippen molar-refractivity contribution in [3.05, 3.63) is 0 Å². The van der Waals surface area contributed by atoms with E-state index in [4.69, 9.17) is 4.74 Å². The van der Waals surface area contributed by atoms with Gasteiger partial charge in [0.05, 0.1) is 0 Å². The molecule has 0 aromatic carbocycles. The molecule has 1 aliphatic rings. The summed E-state index contributed by atoms with van der Waals surface area (Å²) in [4.78, 5) is 36.6. The molecule has 7 nitrogen and oxygen atoms in total. The van der Waals surface area contributed by atoms with Crippen LogP contribution < -0.4 is 10.6 Å². The lowest BCUT2D eigenvalue weighted by Crippen LogP contribution is -2.48. The average molecular weight is 313 g/mol. The maximum absolute atomic E-state index is 11.8. The van der Waals surface area contributed by atoms with E-state index in [-0.39, 0.29) is 24.4 Å². The first kappa shape index (κ1) is 18.3. The molecule has 0 spiro atoms. The lowest BCUT2D eigenvalue weighted by Gasteiger charge is -2.32. The fourth-order valence-corrected chi connectivity index (χ4v) is 2.24. The van der Waals surface area contributed by atoms with Gasteiger partial charge in [0, 0.05) is 25.6 Å². The van der Waals surface area contributed by atoms with Crippen molar-refractivity contribution >= 4 is 17.9 Å². The Bertz CT molecular complexity index is 410. The molecule has 1 fully saturated rings. The molecule has 7 heteroatoms. The van der Waals surface area contributed by atoms with E-state index in [9.17, 15) is 14.4 Å². The molecule has 1 rings (SSSR count). The van der Waals surface area contributed by atoms with E-state index in [1.165, 1.54) is 0 Å². The van der Waals surface area contributed by atoms with Crippen molar-refractivity contribution in [1.82, 2.24) is 15.5 Å². The van der Waals surface area contributed by atoms with Gasteiger partial charge in [-0.1, -0.05) is 6.92 Å². The number of ether oxygens (including phenoxy) is 1. The average Bonchev–Trinajstić information content (AvgIpc) is 2.43. The summed E-state index contributed by atoms with van der Waals surface area (Å²) in [5, 5.41) is 5.29. The van der Waals surface area contributed by atoms with Crippen LogP contribution in [0.15, 0.2) is 0 Å². The smallest absolute Gasteiger partial charge is 0.408 e. The van der Waals surface area contributed by atoms with Gasteiger partial charge in [-0.3, -0.25) is 9.59 Å². The maximum atomic E-state index is 11.8. The summed E-state index contributed by atoms with van der Waals surface area (Å²) >= 11 is 0. The normalized spacial score (nSPS) is 16.1. The predicted molar refractivity (Wildman–Crippen MR) is 82.3 cm³/mol. The Labute approximate surface area is 131 Å². The summed E-state index contributed by atoms with van der Waals surface area (Å²) in [5.41, 5.74) is -0.584. The van der Waals surface area contributed by atoms with E-state index >= 15 is 0 Å². The third kappa shape index (κ3) is 6.78. The van der Waals surface area contributed by atoms with Gasteiger partial charge in [-0.15, -0.1) is 0 Å². The Balaban J connectivity index is 2.24. The topological polar surface area (TPSA) is 87.7 Å². The fourth-order valence-electron chi connectivity index (χ4n) is 2.24. The lowest BCUT2D eigenvalue weighted by atomic mass is 10.0. The molecule has 1 heterocycles. The standard InChI is InChI=1S/C15H27N3O4/c1-5-13(20)18-8-6-11(7-9-18)17-12(19)10-16-14(21)22-15(2,3)4/h11H,5-10H2,1-4H3,(H,16,21)(H,17,19). The maximum Gasteiger partial charge on any atom is 0.408 e. The number of nitrogens with one attached hydrogen (secondary N) is 2. The Morgan fingerprint density at radius 2 is 1.77 bits per heavy atom. The SMILES string of the molecule is CCC(=O)N1CCC(NC(=O)CNC(=O)OC(C)(C)C)CC1. The van der Waals surface area contributed by atoms with Crippen LogP contribution in [0.1, 0.15) is 47.0 Å². The van der Waals surface area contributed by atoms with Gasteiger partial charge in [0.25, 0.3) is 0 Å². The molecule has 1 saturated heterocycles. The third-order valence-electron chi connectivity index (χ3n) is 3.31. The van der Waals surface area contributed by atoms with E-state index < -0.39 is 11.7 Å². The second kappa shape index (κ2) is 8.00. The van der Waals surface area contributed by atoms with Crippen LogP contribution in [-0.2, 0) is 14.3 Å². The first-order chi connectivity index (χ1) is 10.2. The first-order valence-corrected chi connectivity index (χ1v) is 7.75. The van der Waals surface area contributed by atoms with Gasteiger partial charge in [-0.25, -0.2) is 4.79 Å². The van der Waals surface area contributed by atoms with Crippen molar-refractivity contribution < 1.29 is 19.1 Å². The zero-order valence-electron chi connectivity index (χ0n) is 13.9. The number of hydrogen-bond acceptors (Lipinski definition) is 4. The molecule has 0 saturated carbocycles. The monoisotopic (exact) mass is 313 g/mol. The summed E-state index contributed by atoms with van der Waals surface area (Å²) in [7, 11) is 0. The van der Waals surface area contributed by atoms with E-state index in [2.05, 4.69) is 10.6 Å². The third-order valence-corrected chi connectivity index (χ3v) is 3.31. The van der Waals surface area contributed by atoms with Crippen molar-refractivity contribution in [1.29, 1.82) is 0 Å². The molecule has 0 aromatic heterocycles. The number of nitrogens with zero attached hydrogens (tertiary/aromatic N) is 1. The molecule has 0 unspecified atom stereocenters. The summed E-state index contributed by atoms with van der Waals surface area (Å²) in [6, 6.07) is 0.0499. The van der Waals surface area contributed by atoms with Gasteiger partial charge in [0.1, 0.15) is 12.1 Å². The minimum absolute atomic E-state index is 0.0499. The Hall–Kier alpha value is -1.79. The molecule has 1 aliphatic heterocycles. The second-order valence-corrected chi connectivity index (χ2v) is 6.43. The number of likely N-dealkylation sites (tertiary alicyclic amines) is 1. The van der Waals surface area contributed by atoms with Crippen LogP contribution in [0.25, 0.3) is 0 Å². The summed E-state index contributed by atoms with van der Waals surface area (Å²) < 4.78 is 5.06. The van der Waals surface area contributed by atoms with E-state index in [0.717, 1.165) is 12.8 Å². The molecule has 0 bridgehead atoms. The fraction of sp³-hybridized carbons (Fsp3) is 0.800. The molecule has 2 N–H and O–H groups in total. The van der Waals surface area contributed by atoms with Gasteiger partial charge < -0.3 is 20.3 Å². The summed E-state index contributed by atoms with van der Waals surface area (Å²) in [5.74, 6) is -0.0949. The number of hydrogen-bond donors (Lipinski definition) is 2. The molecule has 22 heavy (non-hydrogen) atoms. The Kier molecular flexibility index (Phi) is 6.64. The van der Waals surface area contributed by atoms with Gasteiger partial charge >= 0.3 is 6.09 Å². The Morgan fingerprint density at radius 1 is 1.18 bits per heavy atom. The molecule has 0 aliphatic carbocycles. The van der Waals surface area contributed by atoms with E-state index in [1.54, 1.807) is 20.8 Å². The number of amides is 3. The van der Waals surface area contributed by atoms with Crippen molar-refractivity contribution in [2.75, 3.05) is 19.6 Å². The van der Waals surface area contributed by atoms with Gasteiger partial charge in [0.15, 0.2) is 0 Å². The molecule has 0 radical (unpaired) electrons. The van der Waals surface area contributed by atoms with Gasteiger partial charge in [-0.2, -0.15) is 0 Å². The minimum atomic E-state index is -0.606. The molecule has 126 valence electrons. The van der Waals surface area contributed by atoms with Crippen LogP contribution in [-0.4, -0.2) is 54.1 Å². The van der Waals surface area contributed by atoms with Crippen LogP contribution in [0.5, 0.6) is 0 Å². The molecule has 3 amide bonds. The Morgan fingerprint density at radius 3 is 2.27 bits per heavy atom. The number of carbonyl (C=O) groups excluding carboxylic acids is 3. The molecular formula is C15H27N3O4. The van der Waals surface area contributed by atoms with Crippen LogP contribution in [0, 0.1) is 0 Å². The predicted octanol–water partition coefficient (Wildman–Crippen LogP) is 1.03. The zero-order chi connectivity index (χ0) is 16.8. The zero-order valence-corrected chi connectivity index (χ0v) is 13.9. The minimum Gasteiger partial charge on any atom is -0.444 e. The lowest BCUT2D eigenvalue weighted by molar-refractivity contribution is -0.132. The van der Waals surface area contributed by atoms with E-state index in [0.29, 0.717) is 19.5 Å². The highest BCUT2D eigenvalue weighted by molar-refractivity contribution is 5.82. The number of rotatable bonds is 4. The number of carbonyl (C=O) groups is 3. The van der Waals surface area contributed by atoms with Crippen molar-refractivity contribution in [3.8, 4) is 0 Å². The largest absolute Gasteiger partial charge is 0.444 e. The van der Waals surface area contributed by atoms with Crippen molar-refractivity contribution in [2.45, 2.75) is 58.6 Å². The highest BCUT2D eigenvalue weighted by Crippen LogP contribution is 2.11. The second-order valence-electron chi connectivity index (χ2n) is 6.43. The highest BCUT2D eigenvalue weighted by Gasteiger charge is 2.23. The van der Waals surface area contributed by atoms with Gasteiger partial charge in [-0.05, 0) is 33.6 Å². The quantitative estimate of drug-likeness (QED) is 0.811. The van der Waals surface area contributed by atoms with Crippen LogP contribution in [0.3, 0.4) is 0 Å². The molecule has 0 aromatic rings.